The number of allylic oxidation sites excluding steroid dienone is 5. The van der Waals surface area contributed by atoms with Crippen LogP contribution in [-0.2, 0) is 4.79 Å². The van der Waals surface area contributed by atoms with Crippen LogP contribution in [0.15, 0.2) is 60.8 Å². The molecule has 1 nitrogen and oxygen atoms in total. The topological polar surface area (TPSA) is 17.1 Å². The van der Waals surface area contributed by atoms with Crippen molar-refractivity contribution in [3.8, 4) is 0 Å². The van der Waals surface area contributed by atoms with E-state index >= 15 is 0 Å². The predicted octanol–water partition coefficient (Wildman–Crippen LogP) is 27.4. The average molecular weight is 1140 g/mol. The van der Waals surface area contributed by atoms with Crippen LogP contribution < -0.4 is 0 Å². The van der Waals surface area contributed by atoms with Crippen LogP contribution in [0.3, 0.4) is 0 Å². The number of Topliss-reactive ketones (excluding diaryl/α,β-unsaturated/α-hetero) is 1. The fraction of sp³-hybridized carbons (Fsp3) is 0.864. The molecule has 3 aliphatic rings. The van der Waals surface area contributed by atoms with Crippen molar-refractivity contribution < 1.29 is 4.79 Å². The van der Waals surface area contributed by atoms with Crippen molar-refractivity contribution >= 4 is 5.78 Å². The zero-order valence-electron chi connectivity index (χ0n) is 57.2. The Kier molecular flexibility index (Phi) is 42.3. The van der Waals surface area contributed by atoms with Crippen molar-refractivity contribution in [2.24, 2.45) is 71.0 Å². The molecule has 0 aromatic heterocycles. The lowest BCUT2D eigenvalue weighted by Crippen LogP contribution is -2.34. The van der Waals surface area contributed by atoms with Crippen LogP contribution in [0, 0.1) is 71.0 Å². The van der Waals surface area contributed by atoms with Gasteiger partial charge < -0.3 is 0 Å². The summed E-state index contributed by atoms with van der Waals surface area (Å²) in [5.41, 5.74) is 7.41. The summed E-state index contributed by atoms with van der Waals surface area (Å²) in [7, 11) is 0. The molecule has 0 bridgehead atoms. The zero-order valence-corrected chi connectivity index (χ0v) is 57.2. The Labute approximate surface area is 516 Å². The molecule has 82 heavy (non-hydrogen) atoms. The van der Waals surface area contributed by atoms with Crippen molar-refractivity contribution in [2.45, 2.75) is 376 Å². The Bertz CT molecular complexity index is 1670. The number of ketones is 1. The largest absolute Gasteiger partial charge is 0.299 e. The molecule has 0 aliphatic heterocycles. The Balaban J connectivity index is 1.23. The van der Waals surface area contributed by atoms with E-state index in [2.05, 4.69) is 81.7 Å². The maximum Gasteiger partial charge on any atom is 0.136 e. The Morgan fingerprint density at radius 3 is 1.09 bits per heavy atom. The van der Waals surface area contributed by atoms with E-state index in [-0.39, 0.29) is 0 Å². The summed E-state index contributed by atoms with van der Waals surface area (Å²) in [6.45, 7) is 41.9. The molecule has 0 heterocycles. The lowest BCUT2D eigenvalue weighted by molar-refractivity contribution is -0.125. The van der Waals surface area contributed by atoms with Gasteiger partial charge in [0.15, 0.2) is 0 Å². The van der Waals surface area contributed by atoms with Gasteiger partial charge in [-0.2, -0.15) is 0 Å². The van der Waals surface area contributed by atoms with E-state index in [9.17, 15) is 4.79 Å². The van der Waals surface area contributed by atoms with Gasteiger partial charge in [0, 0.05) is 12.3 Å². The minimum atomic E-state index is 0.335. The van der Waals surface area contributed by atoms with Gasteiger partial charge in [-0.1, -0.05) is 276 Å². The summed E-state index contributed by atoms with van der Waals surface area (Å²) in [4.78, 5) is 14.0. The summed E-state index contributed by atoms with van der Waals surface area (Å²) in [6.07, 6.45) is 66.4. The first-order valence-corrected chi connectivity index (χ1v) is 37.5. The third kappa shape index (κ3) is 32.4. The molecule has 3 fully saturated rings. The molecule has 0 spiro atoms. The fourth-order valence-corrected chi connectivity index (χ4v) is 17.0. The second-order valence-electron chi connectivity index (χ2n) is 30.2. The highest BCUT2D eigenvalue weighted by atomic mass is 16.1. The number of hydrogen-bond acceptors (Lipinski definition) is 1. The predicted molar refractivity (Wildman–Crippen MR) is 369 cm³/mol. The zero-order chi connectivity index (χ0) is 59.7. The number of rotatable bonds is 55. The molecule has 3 saturated carbocycles. The van der Waals surface area contributed by atoms with Gasteiger partial charge in [-0.15, -0.1) is 6.58 Å². The normalized spacial score (nSPS) is 21.6. The van der Waals surface area contributed by atoms with Crippen LogP contribution in [0.1, 0.15) is 376 Å². The molecular weight excluding hydrogens is 989 g/mol. The molecule has 0 N–H and O–H groups in total. The highest BCUT2D eigenvalue weighted by Gasteiger charge is 2.46. The van der Waals surface area contributed by atoms with Crippen LogP contribution in [-0.4, -0.2) is 5.78 Å². The number of unbranched alkanes of at least 4 members (excludes halogenated alkanes) is 25. The summed E-state index contributed by atoms with van der Waals surface area (Å²) in [6, 6.07) is 0. The minimum absolute atomic E-state index is 0.335. The molecule has 0 aromatic rings. The second kappa shape index (κ2) is 46.5. The van der Waals surface area contributed by atoms with E-state index in [0.717, 1.165) is 60.7 Å². The van der Waals surface area contributed by atoms with E-state index in [1.807, 2.05) is 0 Å². The van der Waals surface area contributed by atoms with Crippen molar-refractivity contribution in [1.29, 1.82) is 0 Å². The van der Waals surface area contributed by atoms with Crippen molar-refractivity contribution in [3.05, 3.63) is 60.8 Å². The molecular formula is C81H146O. The third-order valence-corrected chi connectivity index (χ3v) is 22.7. The van der Waals surface area contributed by atoms with Gasteiger partial charge >= 0.3 is 0 Å². The first-order valence-electron chi connectivity index (χ1n) is 37.5. The van der Waals surface area contributed by atoms with Crippen LogP contribution >= 0.6 is 0 Å². The Hall–Kier alpha value is -1.63. The SMILES string of the molecule is C=C(C)CCCCCCCCCCCCCCCCC(=C)CC(CCC(=C)C1CCC[C@H]1C(C)C1CCCC1[C@H](C)C1CCC[C@H]1C(=O)CCCCCCCCC(=C)CCCCCCCCC(=C)CCCCCC(CC)C(C)C)C(C)C. The maximum atomic E-state index is 14.0. The molecule has 0 aromatic carbocycles. The smallest absolute Gasteiger partial charge is 0.136 e. The molecule has 3 rings (SSSR count). The van der Waals surface area contributed by atoms with Crippen molar-refractivity contribution in [2.75, 3.05) is 0 Å². The number of carbonyl (C=O) groups excluding carboxylic acids is 1. The van der Waals surface area contributed by atoms with Gasteiger partial charge in [0.2, 0.25) is 0 Å². The fourth-order valence-electron chi connectivity index (χ4n) is 17.0. The molecule has 7 unspecified atom stereocenters. The highest BCUT2D eigenvalue weighted by molar-refractivity contribution is 5.81. The van der Waals surface area contributed by atoms with Crippen molar-refractivity contribution in [3.63, 3.8) is 0 Å². The average Bonchev–Trinajstić information content (AvgIpc) is 4.45. The number of hydrogen-bond donors (Lipinski definition) is 0. The molecule has 10 atom stereocenters. The second-order valence-corrected chi connectivity index (χ2v) is 30.2. The van der Waals surface area contributed by atoms with E-state index in [0.29, 0.717) is 35.4 Å². The van der Waals surface area contributed by atoms with E-state index < -0.39 is 0 Å². The highest BCUT2D eigenvalue weighted by Crippen LogP contribution is 2.54. The third-order valence-electron chi connectivity index (χ3n) is 22.7. The van der Waals surface area contributed by atoms with Crippen LogP contribution in [0.25, 0.3) is 0 Å². The van der Waals surface area contributed by atoms with Crippen LogP contribution in [0.4, 0.5) is 0 Å². The van der Waals surface area contributed by atoms with Gasteiger partial charge in [-0.25, -0.2) is 0 Å². The molecule has 0 saturated heterocycles. The van der Waals surface area contributed by atoms with Crippen LogP contribution in [0.5, 0.6) is 0 Å². The van der Waals surface area contributed by atoms with Gasteiger partial charge in [0.05, 0.1) is 0 Å². The summed E-state index contributed by atoms with van der Waals surface area (Å²) < 4.78 is 0. The van der Waals surface area contributed by atoms with E-state index in [1.54, 1.807) is 5.57 Å². The molecule has 1 heteroatoms. The number of carbonyl (C=O) groups is 1. The van der Waals surface area contributed by atoms with Gasteiger partial charge in [0.1, 0.15) is 5.78 Å². The molecule has 0 radical (unpaired) electrons. The van der Waals surface area contributed by atoms with Gasteiger partial charge in [-0.3, -0.25) is 4.79 Å². The lowest BCUT2D eigenvalue weighted by atomic mass is 9.66. The quantitative estimate of drug-likeness (QED) is 0.0438. The minimum Gasteiger partial charge on any atom is -0.299 e. The summed E-state index contributed by atoms with van der Waals surface area (Å²) in [5.74, 6) is 9.37. The standard InChI is InChI=1S/C81H146O/c1-14-73(65(4)5)53-42-35-41-51-68(9)50-38-31-26-25-30-37-48-67(8)49-39-32-27-28-34-43-60-81(82)80-59-46-58-79(80)72(13)78-57-45-56-77(78)71(12)76-55-44-54-75(76)70(11)61-62-74(66(6)7)63-69(10)52-40-33-24-22-20-18-16-15-17-19-21-23-29-36-47-64(2)3/h65-66,71-80H,2,8-11,14-63H2,1,3-7,12-13H3/t71?,72-,73?,74?,75?,76-,77?,78?,79?,80+/m0/s1. The van der Waals surface area contributed by atoms with Gasteiger partial charge in [0.25, 0.3) is 0 Å². The van der Waals surface area contributed by atoms with Crippen LogP contribution in [0.2, 0.25) is 0 Å². The maximum absolute atomic E-state index is 14.0. The Morgan fingerprint density at radius 1 is 0.354 bits per heavy atom. The molecule has 3 aliphatic carbocycles. The molecule has 476 valence electrons. The van der Waals surface area contributed by atoms with E-state index in [1.165, 1.54) is 324 Å². The van der Waals surface area contributed by atoms with Gasteiger partial charge in [-0.05, 0) is 213 Å². The molecule has 0 amide bonds. The van der Waals surface area contributed by atoms with Crippen molar-refractivity contribution in [1.82, 2.24) is 0 Å². The summed E-state index contributed by atoms with van der Waals surface area (Å²) >= 11 is 0. The van der Waals surface area contributed by atoms with E-state index in [4.69, 9.17) is 6.58 Å². The monoisotopic (exact) mass is 1140 g/mol. The first kappa shape index (κ1) is 74.6. The summed E-state index contributed by atoms with van der Waals surface area (Å²) in [5, 5.41) is 0. The Morgan fingerprint density at radius 2 is 0.683 bits per heavy atom. The first-order chi connectivity index (χ1) is 39.6. The lowest BCUT2D eigenvalue weighted by Gasteiger charge is -2.39.